The first-order valence-corrected chi connectivity index (χ1v) is 4.61. The standard InChI is InChI=1S/C11H6F4N2/c12-10-9(7-2-1-3-16-5-7)4-8(6-17-10)11(13,14)15/h1-6H. The van der Waals surface area contributed by atoms with Gasteiger partial charge in [-0.2, -0.15) is 17.6 Å². The zero-order valence-electron chi connectivity index (χ0n) is 8.37. The normalized spacial score (nSPS) is 11.5. The van der Waals surface area contributed by atoms with Gasteiger partial charge >= 0.3 is 6.18 Å². The average molecular weight is 242 g/mol. The Morgan fingerprint density at radius 3 is 2.47 bits per heavy atom. The van der Waals surface area contributed by atoms with Gasteiger partial charge in [-0.05, 0) is 12.1 Å². The fraction of sp³-hybridized carbons (Fsp3) is 0.0909. The first kappa shape index (κ1) is 11.5. The van der Waals surface area contributed by atoms with E-state index in [2.05, 4.69) is 9.97 Å². The van der Waals surface area contributed by atoms with E-state index < -0.39 is 17.7 Å². The van der Waals surface area contributed by atoms with Gasteiger partial charge in [0.15, 0.2) is 0 Å². The van der Waals surface area contributed by atoms with Crippen LogP contribution in [-0.4, -0.2) is 9.97 Å². The Balaban J connectivity index is 2.55. The maximum atomic E-state index is 13.3. The van der Waals surface area contributed by atoms with Crippen molar-refractivity contribution in [2.75, 3.05) is 0 Å². The van der Waals surface area contributed by atoms with Crippen molar-refractivity contribution < 1.29 is 17.6 Å². The molecular weight excluding hydrogens is 236 g/mol. The SMILES string of the molecule is Fc1ncc(C(F)(F)F)cc1-c1cccnc1. The third kappa shape index (κ3) is 2.41. The summed E-state index contributed by atoms with van der Waals surface area (Å²) in [4.78, 5) is 6.83. The molecule has 0 aromatic carbocycles. The van der Waals surface area contributed by atoms with E-state index in [4.69, 9.17) is 0 Å². The highest BCUT2D eigenvalue weighted by Gasteiger charge is 2.31. The molecule has 2 nitrogen and oxygen atoms in total. The summed E-state index contributed by atoms with van der Waals surface area (Å²) < 4.78 is 50.6. The maximum absolute atomic E-state index is 13.3. The van der Waals surface area contributed by atoms with Gasteiger partial charge < -0.3 is 0 Å². The third-order valence-corrected chi connectivity index (χ3v) is 2.14. The molecular formula is C11H6F4N2. The Morgan fingerprint density at radius 2 is 1.88 bits per heavy atom. The predicted octanol–water partition coefficient (Wildman–Crippen LogP) is 3.30. The van der Waals surface area contributed by atoms with Crippen LogP contribution in [-0.2, 0) is 6.18 Å². The fourth-order valence-electron chi connectivity index (χ4n) is 1.33. The van der Waals surface area contributed by atoms with E-state index >= 15 is 0 Å². The smallest absolute Gasteiger partial charge is 0.264 e. The van der Waals surface area contributed by atoms with Crippen LogP contribution in [0.15, 0.2) is 36.8 Å². The summed E-state index contributed by atoms with van der Waals surface area (Å²) >= 11 is 0. The molecule has 0 saturated heterocycles. The summed E-state index contributed by atoms with van der Waals surface area (Å²) in [6.07, 6.45) is -1.35. The summed E-state index contributed by atoms with van der Waals surface area (Å²) in [5.41, 5.74) is -0.950. The Bertz CT molecular complexity index is 523. The van der Waals surface area contributed by atoms with E-state index in [1.165, 1.54) is 24.5 Å². The molecule has 0 unspecified atom stereocenters. The molecule has 0 bridgehead atoms. The summed E-state index contributed by atoms with van der Waals surface area (Å²) in [5.74, 6) is -0.953. The lowest BCUT2D eigenvalue weighted by Gasteiger charge is -2.08. The first-order chi connectivity index (χ1) is 7.98. The molecule has 17 heavy (non-hydrogen) atoms. The molecule has 0 amide bonds. The number of hydrogen-bond donors (Lipinski definition) is 0. The first-order valence-electron chi connectivity index (χ1n) is 4.61. The topological polar surface area (TPSA) is 25.8 Å². The van der Waals surface area contributed by atoms with Crippen LogP contribution in [0.2, 0.25) is 0 Å². The Hall–Kier alpha value is -1.98. The number of nitrogens with zero attached hydrogens (tertiary/aromatic N) is 2. The van der Waals surface area contributed by atoms with Crippen LogP contribution in [0.1, 0.15) is 5.56 Å². The number of rotatable bonds is 1. The van der Waals surface area contributed by atoms with Crippen LogP contribution in [0, 0.1) is 5.95 Å². The summed E-state index contributed by atoms with van der Waals surface area (Å²) in [5, 5.41) is 0. The number of hydrogen-bond acceptors (Lipinski definition) is 2. The quantitative estimate of drug-likeness (QED) is 0.566. The van der Waals surface area contributed by atoms with Crippen molar-refractivity contribution in [3.63, 3.8) is 0 Å². The Morgan fingerprint density at radius 1 is 1.12 bits per heavy atom. The molecule has 0 fully saturated rings. The lowest BCUT2D eigenvalue weighted by atomic mass is 10.1. The minimum absolute atomic E-state index is 0.215. The largest absolute Gasteiger partial charge is 0.417 e. The third-order valence-electron chi connectivity index (χ3n) is 2.14. The van der Waals surface area contributed by atoms with E-state index in [1.54, 1.807) is 0 Å². The highest BCUT2D eigenvalue weighted by Crippen LogP contribution is 2.32. The fourth-order valence-corrected chi connectivity index (χ4v) is 1.33. The second kappa shape index (κ2) is 4.12. The van der Waals surface area contributed by atoms with Crippen molar-refractivity contribution in [3.8, 4) is 11.1 Å². The van der Waals surface area contributed by atoms with Crippen LogP contribution in [0.25, 0.3) is 11.1 Å². The number of pyridine rings is 2. The molecule has 0 radical (unpaired) electrons. The van der Waals surface area contributed by atoms with Crippen molar-refractivity contribution in [1.29, 1.82) is 0 Å². The molecule has 2 rings (SSSR count). The van der Waals surface area contributed by atoms with Gasteiger partial charge in [-0.3, -0.25) is 4.98 Å². The molecule has 2 heterocycles. The Labute approximate surface area is 94.0 Å². The molecule has 88 valence electrons. The monoisotopic (exact) mass is 242 g/mol. The molecule has 0 spiro atoms. The molecule has 0 aliphatic carbocycles. The van der Waals surface area contributed by atoms with Gasteiger partial charge in [0.25, 0.3) is 0 Å². The van der Waals surface area contributed by atoms with Crippen LogP contribution >= 0.6 is 0 Å². The lowest BCUT2D eigenvalue weighted by Crippen LogP contribution is -2.06. The summed E-state index contributed by atoms with van der Waals surface area (Å²) in [6.45, 7) is 0. The second-order valence-electron chi connectivity index (χ2n) is 3.30. The highest BCUT2D eigenvalue weighted by molar-refractivity contribution is 5.62. The van der Waals surface area contributed by atoms with Crippen LogP contribution < -0.4 is 0 Å². The zero-order valence-corrected chi connectivity index (χ0v) is 8.37. The average Bonchev–Trinajstić information content (AvgIpc) is 2.29. The van der Waals surface area contributed by atoms with E-state index in [0.29, 0.717) is 6.20 Å². The van der Waals surface area contributed by atoms with E-state index in [9.17, 15) is 17.6 Å². The van der Waals surface area contributed by atoms with Gasteiger partial charge in [0, 0.05) is 29.7 Å². The van der Waals surface area contributed by atoms with Gasteiger partial charge in [0.2, 0.25) is 5.95 Å². The lowest BCUT2D eigenvalue weighted by molar-refractivity contribution is -0.137. The van der Waals surface area contributed by atoms with Crippen molar-refractivity contribution in [1.82, 2.24) is 9.97 Å². The summed E-state index contributed by atoms with van der Waals surface area (Å²) in [6, 6.07) is 3.70. The van der Waals surface area contributed by atoms with E-state index in [1.807, 2.05) is 0 Å². The van der Waals surface area contributed by atoms with E-state index in [-0.39, 0.29) is 11.1 Å². The summed E-state index contributed by atoms with van der Waals surface area (Å²) in [7, 11) is 0. The van der Waals surface area contributed by atoms with Gasteiger partial charge in [-0.1, -0.05) is 6.07 Å². The van der Waals surface area contributed by atoms with Crippen LogP contribution in [0.5, 0.6) is 0 Å². The van der Waals surface area contributed by atoms with Crippen LogP contribution in [0.4, 0.5) is 17.6 Å². The zero-order chi connectivity index (χ0) is 12.5. The second-order valence-corrected chi connectivity index (χ2v) is 3.30. The maximum Gasteiger partial charge on any atom is 0.417 e. The van der Waals surface area contributed by atoms with Gasteiger partial charge in [0.1, 0.15) is 0 Å². The molecule has 0 saturated carbocycles. The number of alkyl halides is 3. The van der Waals surface area contributed by atoms with Gasteiger partial charge in [-0.15, -0.1) is 0 Å². The highest BCUT2D eigenvalue weighted by atomic mass is 19.4. The molecule has 2 aromatic rings. The van der Waals surface area contributed by atoms with Gasteiger partial charge in [-0.25, -0.2) is 4.98 Å². The van der Waals surface area contributed by atoms with Crippen molar-refractivity contribution in [2.45, 2.75) is 6.18 Å². The molecule has 0 aliphatic heterocycles. The number of aromatic nitrogens is 2. The Kier molecular flexibility index (Phi) is 2.79. The molecule has 2 aromatic heterocycles. The van der Waals surface area contributed by atoms with Crippen molar-refractivity contribution in [3.05, 3.63) is 48.3 Å². The molecule has 0 atom stereocenters. The van der Waals surface area contributed by atoms with Crippen molar-refractivity contribution >= 4 is 0 Å². The van der Waals surface area contributed by atoms with Gasteiger partial charge in [0.05, 0.1) is 5.56 Å². The number of halogens is 4. The van der Waals surface area contributed by atoms with Crippen molar-refractivity contribution in [2.24, 2.45) is 0 Å². The van der Waals surface area contributed by atoms with Crippen LogP contribution in [0.3, 0.4) is 0 Å². The molecule has 0 aliphatic rings. The predicted molar refractivity (Wildman–Crippen MR) is 52.4 cm³/mol. The molecule has 6 heteroatoms. The minimum atomic E-state index is -4.54. The van der Waals surface area contributed by atoms with E-state index in [0.717, 1.165) is 6.07 Å². The minimum Gasteiger partial charge on any atom is -0.264 e. The molecule has 0 N–H and O–H groups in total.